The number of oxime groups is 1. The summed E-state index contributed by atoms with van der Waals surface area (Å²) in [4.78, 5) is 5.33. The van der Waals surface area contributed by atoms with Gasteiger partial charge in [-0.2, -0.15) is 0 Å². The Morgan fingerprint density at radius 2 is 1.91 bits per heavy atom. The van der Waals surface area contributed by atoms with Gasteiger partial charge >= 0.3 is 0 Å². The molecule has 0 radical (unpaired) electrons. The zero-order valence-electron chi connectivity index (χ0n) is 21.5. The Hall–Kier alpha value is -1.42. The van der Waals surface area contributed by atoms with Crippen LogP contribution in [0.15, 0.2) is 5.16 Å². The van der Waals surface area contributed by atoms with E-state index in [4.69, 9.17) is 26.5 Å². The second kappa shape index (κ2) is 10.5. The summed E-state index contributed by atoms with van der Waals surface area (Å²) < 4.78 is 6.09. The van der Waals surface area contributed by atoms with Crippen LogP contribution in [0.4, 0.5) is 0 Å². The maximum Gasteiger partial charge on any atom is 0.185 e. The van der Waals surface area contributed by atoms with Gasteiger partial charge in [0.2, 0.25) is 0 Å². The van der Waals surface area contributed by atoms with Gasteiger partial charge in [0.05, 0.1) is 25.0 Å². The van der Waals surface area contributed by atoms with E-state index < -0.39 is 5.60 Å². The van der Waals surface area contributed by atoms with E-state index in [0.717, 1.165) is 51.4 Å². The molecule has 4 fully saturated rings. The standard InChI is InChI=1S/C26H47N5O4/c1-24-8-6-21-19(20(24)7-9-26(24,33)16-31-35-13-11-30-23(28)29)5-4-17-14-18(34-12-3-10-27)15-22(32)25(17,21)2/h16-22,32-33H,3-15,27H2,1-2H3,(H4,28,29,30)/b31-16+/t17?,18?,19-,20-,21+,22?,24-,25-,26?/m0/s1. The quantitative estimate of drug-likeness (QED) is 0.124. The van der Waals surface area contributed by atoms with Crippen LogP contribution >= 0.6 is 0 Å². The van der Waals surface area contributed by atoms with E-state index in [-0.39, 0.29) is 35.6 Å². The second-order valence-electron chi connectivity index (χ2n) is 12.0. The molecule has 0 aliphatic heterocycles. The molecule has 0 saturated heterocycles. The van der Waals surface area contributed by atoms with Gasteiger partial charge in [-0.05, 0) is 87.0 Å². The van der Waals surface area contributed by atoms with E-state index in [1.165, 1.54) is 0 Å². The molecule has 200 valence electrons. The predicted molar refractivity (Wildman–Crippen MR) is 136 cm³/mol. The Morgan fingerprint density at radius 3 is 2.66 bits per heavy atom. The third kappa shape index (κ3) is 4.81. The average molecular weight is 494 g/mol. The van der Waals surface area contributed by atoms with E-state index in [1.807, 2.05) is 0 Å². The Morgan fingerprint density at radius 1 is 1.14 bits per heavy atom. The minimum absolute atomic E-state index is 0.0837. The van der Waals surface area contributed by atoms with Crippen LogP contribution in [0.3, 0.4) is 0 Å². The third-order valence-corrected chi connectivity index (χ3v) is 10.5. The van der Waals surface area contributed by atoms with Crippen molar-refractivity contribution in [1.82, 2.24) is 5.32 Å². The highest BCUT2D eigenvalue weighted by Crippen LogP contribution is 2.68. The van der Waals surface area contributed by atoms with Crippen LogP contribution in [0.25, 0.3) is 0 Å². The molecule has 9 nitrogen and oxygen atoms in total. The molecule has 0 aromatic heterocycles. The lowest BCUT2D eigenvalue weighted by molar-refractivity contribution is -0.192. The minimum atomic E-state index is -0.985. The summed E-state index contributed by atoms with van der Waals surface area (Å²) in [6.07, 6.45) is 9.94. The third-order valence-electron chi connectivity index (χ3n) is 10.5. The Kier molecular flexibility index (Phi) is 8.01. The van der Waals surface area contributed by atoms with Crippen LogP contribution in [0.1, 0.15) is 71.6 Å². The molecule has 0 aromatic rings. The molecule has 0 aromatic carbocycles. The van der Waals surface area contributed by atoms with Crippen molar-refractivity contribution in [2.45, 2.75) is 89.4 Å². The number of nitrogens with two attached hydrogens (primary N) is 2. The fourth-order valence-electron chi connectivity index (χ4n) is 8.42. The summed E-state index contributed by atoms with van der Waals surface area (Å²) in [6, 6.07) is 0. The average Bonchev–Trinajstić information content (AvgIpc) is 3.08. The van der Waals surface area contributed by atoms with Crippen molar-refractivity contribution < 1.29 is 19.8 Å². The molecular formula is C26H47N5O4. The molecule has 0 amide bonds. The fourth-order valence-corrected chi connectivity index (χ4v) is 8.42. The number of nitrogens with one attached hydrogen (secondary N) is 2. The molecule has 9 atom stereocenters. The highest BCUT2D eigenvalue weighted by molar-refractivity contribution is 5.74. The molecule has 35 heavy (non-hydrogen) atoms. The van der Waals surface area contributed by atoms with E-state index in [9.17, 15) is 10.2 Å². The highest BCUT2D eigenvalue weighted by Gasteiger charge is 2.65. The molecular weight excluding hydrogens is 446 g/mol. The number of aliphatic hydroxyl groups is 2. The first-order valence-electron chi connectivity index (χ1n) is 13.6. The summed E-state index contributed by atoms with van der Waals surface area (Å²) in [5.74, 6) is 1.80. The fraction of sp³-hybridized carbons (Fsp3) is 0.923. The summed E-state index contributed by atoms with van der Waals surface area (Å²) >= 11 is 0. The Labute approximate surface area is 209 Å². The van der Waals surface area contributed by atoms with Crippen LogP contribution in [0.5, 0.6) is 0 Å². The number of rotatable bonds is 9. The number of aliphatic hydroxyl groups excluding tert-OH is 1. The van der Waals surface area contributed by atoms with Gasteiger partial charge < -0.3 is 36.6 Å². The van der Waals surface area contributed by atoms with Crippen LogP contribution in [0, 0.1) is 39.9 Å². The van der Waals surface area contributed by atoms with Crippen LogP contribution in [0.2, 0.25) is 0 Å². The lowest BCUT2D eigenvalue weighted by atomic mass is 9.43. The van der Waals surface area contributed by atoms with Crippen molar-refractivity contribution in [3.05, 3.63) is 0 Å². The summed E-state index contributed by atoms with van der Waals surface area (Å²) in [7, 11) is 0. The van der Waals surface area contributed by atoms with Gasteiger partial charge in [-0.3, -0.25) is 5.41 Å². The second-order valence-corrected chi connectivity index (χ2v) is 12.0. The van der Waals surface area contributed by atoms with E-state index in [1.54, 1.807) is 6.21 Å². The van der Waals surface area contributed by atoms with E-state index in [0.29, 0.717) is 49.8 Å². The molecule has 4 aliphatic carbocycles. The number of hydrogen-bond acceptors (Lipinski definition) is 7. The van der Waals surface area contributed by atoms with Crippen LogP contribution in [-0.2, 0) is 9.57 Å². The van der Waals surface area contributed by atoms with Gasteiger partial charge in [-0.25, -0.2) is 0 Å². The van der Waals surface area contributed by atoms with Crippen molar-refractivity contribution in [3.63, 3.8) is 0 Å². The Bertz CT molecular complexity index is 783. The zero-order chi connectivity index (χ0) is 25.3. The molecule has 0 spiro atoms. The first-order valence-corrected chi connectivity index (χ1v) is 13.6. The SMILES string of the molecule is C[C@]12C(O)CC(OCCCN)CC1CC[C@@H]1[C@H]2CC[C@@]2(C)[C@H]1CCC2(O)/C=N/OCCNC(=N)N. The van der Waals surface area contributed by atoms with Gasteiger partial charge in [0.15, 0.2) is 5.96 Å². The molecule has 0 bridgehead atoms. The molecule has 9 heteroatoms. The lowest BCUT2D eigenvalue weighted by Gasteiger charge is -2.62. The first-order chi connectivity index (χ1) is 16.7. The predicted octanol–water partition coefficient (Wildman–Crippen LogP) is 1.95. The monoisotopic (exact) mass is 493 g/mol. The maximum absolute atomic E-state index is 11.7. The van der Waals surface area contributed by atoms with Crippen molar-refractivity contribution in [2.24, 2.45) is 51.1 Å². The highest BCUT2D eigenvalue weighted by atomic mass is 16.6. The Balaban J connectivity index is 1.42. The molecule has 4 aliphatic rings. The summed E-state index contributed by atoms with van der Waals surface area (Å²) in [5.41, 5.74) is 9.59. The molecule has 4 unspecified atom stereocenters. The van der Waals surface area contributed by atoms with Gasteiger partial charge in [0, 0.05) is 18.4 Å². The van der Waals surface area contributed by atoms with Crippen molar-refractivity contribution >= 4 is 12.2 Å². The number of ether oxygens (including phenoxy) is 1. The lowest BCUT2D eigenvalue weighted by Crippen LogP contribution is -2.61. The molecule has 8 N–H and O–H groups in total. The first kappa shape index (κ1) is 26.6. The smallest absolute Gasteiger partial charge is 0.185 e. The summed E-state index contributed by atoms with van der Waals surface area (Å²) in [5, 5.41) is 37.1. The molecule has 4 saturated carbocycles. The molecule has 0 heterocycles. The maximum atomic E-state index is 11.7. The number of hydrogen-bond donors (Lipinski definition) is 6. The van der Waals surface area contributed by atoms with E-state index in [2.05, 4.69) is 24.3 Å². The van der Waals surface area contributed by atoms with Crippen molar-refractivity contribution in [3.8, 4) is 0 Å². The zero-order valence-corrected chi connectivity index (χ0v) is 21.5. The van der Waals surface area contributed by atoms with Gasteiger partial charge in [0.25, 0.3) is 0 Å². The van der Waals surface area contributed by atoms with Gasteiger partial charge in [-0.1, -0.05) is 19.0 Å². The number of nitrogens with zero attached hydrogens (tertiary/aromatic N) is 1. The van der Waals surface area contributed by atoms with E-state index >= 15 is 0 Å². The van der Waals surface area contributed by atoms with Crippen LogP contribution in [-0.4, -0.2) is 66.5 Å². The van der Waals surface area contributed by atoms with Crippen molar-refractivity contribution in [2.75, 3.05) is 26.3 Å². The summed E-state index contributed by atoms with van der Waals surface area (Å²) in [6.45, 7) is 6.57. The normalized spacial score (nSPS) is 44.9. The minimum Gasteiger partial charge on any atom is -0.394 e. The van der Waals surface area contributed by atoms with Crippen LogP contribution < -0.4 is 16.8 Å². The van der Waals surface area contributed by atoms with Gasteiger partial charge in [-0.15, -0.1) is 0 Å². The largest absolute Gasteiger partial charge is 0.394 e. The number of fused-ring (bicyclic) bond motifs is 5. The molecule has 4 rings (SSSR count). The number of guanidine groups is 1. The van der Waals surface area contributed by atoms with Crippen molar-refractivity contribution in [1.29, 1.82) is 5.41 Å². The topological polar surface area (TPSA) is 159 Å². The van der Waals surface area contributed by atoms with Gasteiger partial charge in [0.1, 0.15) is 12.2 Å².